The number of benzene rings is 4. The zero-order valence-electron chi connectivity index (χ0n) is 45.4. The van der Waals surface area contributed by atoms with Crippen LogP contribution in [0.1, 0.15) is 101 Å². The Labute approximate surface area is 468 Å². The Bertz CT molecular complexity index is 3610. The van der Waals surface area contributed by atoms with Gasteiger partial charge in [0.1, 0.15) is 30.1 Å². The van der Waals surface area contributed by atoms with Crippen molar-refractivity contribution in [2.24, 2.45) is 4.99 Å². The Hall–Kier alpha value is -9.46. The van der Waals surface area contributed by atoms with E-state index >= 15 is 0 Å². The number of fused-ring (bicyclic) bond motifs is 2. The number of amides is 2. The zero-order valence-corrected chi connectivity index (χ0v) is 47.0. The van der Waals surface area contributed by atoms with Gasteiger partial charge in [0.25, 0.3) is 0 Å². The molecule has 0 spiro atoms. The van der Waals surface area contributed by atoms with Crippen molar-refractivity contribution in [2.45, 2.75) is 86.7 Å². The summed E-state index contributed by atoms with van der Waals surface area (Å²) in [7, 11) is 1.33. The van der Waals surface area contributed by atoms with Crippen LogP contribution in [0.15, 0.2) is 124 Å². The third-order valence-electron chi connectivity index (χ3n) is 10.8. The number of nitrogens with zero attached hydrogens (tertiary/aromatic N) is 3. The lowest BCUT2D eigenvalue weighted by Crippen LogP contribution is -2.29. The first-order valence-electron chi connectivity index (χ1n) is 24.2. The maximum absolute atomic E-state index is 13.5. The van der Waals surface area contributed by atoms with Crippen LogP contribution in [0.2, 0.25) is 0 Å². The predicted octanol–water partition coefficient (Wildman–Crippen LogP) is 12.7. The van der Waals surface area contributed by atoms with Gasteiger partial charge in [-0.25, -0.2) is 42.7 Å². The highest BCUT2D eigenvalue weighted by Gasteiger charge is 2.33. The van der Waals surface area contributed by atoms with Crippen molar-refractivity contribution in [3.63, 3.8) is 0 Å². The van der Waals surface area contributed by atoms with E-state index in [0.29, 0.717) is 38.7 Å². The Kier molecular flexibility index (Phi) is 21.3. The van der Waals surface area contributed by atoms with Crippen LogP contribution in [0.4, 0.5) is 37.1 Å². The van der Waals surface area contributed by atoms with E-state index < -0.39 is 41.4 Å². The molecule has 4 heterocycles. The molecule has 0 radical (unpaired) electrons. The number of aryl methyl sites for hydroxylation is 3. The number of urea groups is 1. The van der Waals surface area contributed by atoms with Crippen LogP contribution in [0, 0.1) is 20.8 Å². The maximum atomic E-state index is 13.5. The predicted molar refractivity (Wildman–Crippen MR) is 302 cm³/mol. The van der Waals surface area contributed by atoms with Crippen LogP contribution in [-0.4, -0.2) is 75.8 Å². The Morgan fingerprint density at radius 3 is 1.54 bits per heavy atom. The molecule has 0 saturated carbocycles. The molecule has 22 heteroatoms. The molecule has 0 aliphatic carbocycles. The molecule has 0 atom stereocenters. The maximum Gasteiger partial charge on any atom is 0.419 e. The van der Waals surface area contributed by atoms with Crippen molar-refractivity contribution in [3.8, 4) is 0 Å². The van der Waals surface area contributed by atoms with Gasteiger partial charge in [-0.1, -0.05) is 83.9 Å². The van der Waals surface area contributed by atoms with Gasteiger partial charge >= 0.3 is 42.3 Å². The van der Waals surface area contributed by atoms with Crippen molar-refractivity contribution < 1.29 is 66.8 Å². The number of isocyanates is 1. The van der Waals surface area contributed by atoms with Crippen LogP contribution in [-0.2, 0) is 51.3 Å². The van der Waals surface area contributed by atoms with Gasteiger partial charge in [-0.05, 0) is 109 Å². The van der Waals surface area contributed by atoms with E-state index in [0.717, 1.165) is 37.0 Å². The normalized spacial score (nSPS) is 10.6. The van der Waals surface area contributed by atoms with Crippen LogP contribution in [0.3, 0.4) is 0 Å². The summed E-state index contributed by atoms with van der Waals surface area (Å²) in [6.07, 6.45) is 0.175. The Morgan fingerprint density at radius 1 is 0.613 bits per heavy atom. The first kappa shape index (κ1) is 61.4. The molecule has 0 aliphatic rings. The highest BCUT2D eigenvalue weighted by atomic mass is 32.1. The average molecular weight is 1130 g/mol. The summed E-state index contributed by atoms with van der Waals surface area (Å²) in [5.74, 6) is -1.93. The number of nitrogens with two attached hydrogens (primary N) is 1. The summed E-state index contributed by atoms with van der Waals surface area (Å²) >= 11 is 2.85. The Morgan fingerprint density at radius 2 is 1.09 bits per heavy atom. The molecule has 80 heavy (non-hydrogen) atoms. The molecule has 0 unspecified atom stereocenters. The molecule has 4 aromatic carbocycles. The second-order valence-corrected chi connectivity index (χ2v) is 20.8. The van der Waals surface area contributed by atoms with E-state index in [1.54, 1.807) is 82.6 Å². The van der Waals surface area contributed by atoms with Gasteiger partial charge < -0.3 is 40.1 Å². The average Bonchev–Trinajstić information content (AvgIpc) is 4.40. The van der Waals surface area contributed by atoms with Crippen molar-refractivity contribution in [1.82, 2.24) is 9.13 Å². The fourth-order valence-electron chi connectivity index (χ4n) is 7.40. The van der Waals surface area contributed by atoms with Gasteiger partial charge in [0.2, 0.25) is 6.08 Å². The lowest BCUT2D eigenvalue weighted by molar-refractivity contribution is -0.191. The second-order valence-electron chi connectivity index (χ2n) is 19.3. The summed E-state index contributed by atoms with van der Waals surface area (Å²) in [5.41, 5.74) is 10.3. The molecule has 0 fully saturated rings. The standard InChI is InChI=1S/C28H29N3O5S.C23H22N2O5.C6H7NO2S.CO2/c1-17-11-12-22-20(13-17)23(30-26(33)29-21-16-37-15-18(21)2)24(25(32)36-28(3,4)5)31(22)27(34)35-14-19-9-7-6-8-10-19;1-15-10-11-18-17(12-15)19(24-14-26)20(21(27)30-23(2,3)4)25(18)22(28)29-13-16-8-6-5-7-9-16;1-9-6(8)4-2-10-3-5(4)7;2-1-3/h6-13,15-16H,14H2,1-5H3,(H2,29,30,33);5-12H,13H2,1-4H3;2-3H,7H2,1H3;. The first-order valence-corrected chi connectivity index (χ1v) is 26.1. The molecule has 8 aromatic rings. The quantitative estimate of drug-likeness (QED) is 0.0497. The molecule has 8 rings (SSSR count). The summed E-state index contributed by atoms with van der Waals surface area (Å²) in [6, 6.07) is 28.4. The number of carbonyl (C=O) groups is 6. The van der Waals surface area contributed by atoms with Crippen molar-refractivity contribution in [1.29, 1.82) is 0 Å². The molecule has 0 aliphatic heterocycles. The second kappa shape index (κ2) is 27.7. The number of methoxy groups -OCH3 is 1. The fourth-order valence-corrected chi connectivity index (χ4v) is 8.89. The number of nitrogens with one attached hydrogen (secondary N) is 2. The van der Waals surface area contributed by atoms with E-state index in [1.807, 2.05) is 98.3 Å². The minimum Gasteiger partial charge on any atom is -0.465 e. The van der Waals surface area contributed by atoms with Crippen molar-refractivity contribution >= 4 is 116 Å². The lowest BCUT2D eigenvalue weighted by Gasteiger charge is -2.20. The minimum absolute atomic E-state index is 0.0135. The molecule has 4 aromatic heterocycles. The van der Waals surface area contributed by atoms with Crippen LogP contribution in [0.5, 0.6) is 0 Å². The number of aliphatic imine (C=N–C) groups is 1. The van der Waals surface area contributed by atoms with Gasteiger partial charge in [-0.2, -0.15) is 14.6 Å². The number of hydrogen-bond donors (Lipinski definition) is 3. The van der Waals surface area contributed by atoms with Gasteiger partial charge in [0.15, 0.2) is 11.4 Å². The van der Waals surface area contributed by atoms with E-state index in [-0.39, 0.29) is 48.1 Å². The largest absolute Gasteiger partial charge is 0.465 e. The lowest BCUT2D eigenvalue weighted by atomic mass is 10.1. The van der Waals surface area contributed by atoms with E-state index in [4.69, 9.17) is 34.3 Å². The summed E-state index contributed by atoms with van der Waals surface area (Å²) in [6.45, 7) is 16.0. The smallest absolute Gasteiger partial charge is 0.419 e. The van der Waals surface area contributed by atoms with Gasteiger partial charge in [-0.3, -0.25) is 0 Å². The van der Waals surface area contributed by atoms with Crippen molar-refractivity contribution in [2.75, 3.05) is 23.5 Å². The third kappa shape index (κ3) is 16.5. The first-order chi connectivity index (χ1) is 37.9. The Balaban J connectivity index is 0.000000243. The van der Waals surface area contributed by atoms with Gasteiger partial charge in [0, 0.05) is 26.9 Å². The van der Waals surface area contributed by atoms with Crippen LogP contribution >= 0.6 is 22.7 Å². The summed E-state index contributed by atoms with van der Waals surface area (Å²) in [5, 5.41) is 13.7. The van der Waals surface area contributed by atoms with E-state index in [2.05, 4.69) is 20.4 Å². The number of rotatable bonds is 10. The highest BCUT2D eigenvalue weighted by Crippen LogP contribution is 2.37. The monoisotopic (exact) mass is 1130 g/mol. The number of hydrogen-bond acceptors (Lipinski definition) is 18. The topological polar surface area (TPSA) is 272 Å². The zero-order chi connectivity index (χ0) is 58.9. The van der Waals surface area contributed by atoms with Gasteiger partial charge in [-0.15, -0.1) is 22.7 Å². The van der Waals surface area contributed by atoms with Crippen LogP contribution in [0.25, 0.3) is 21.8 Å². The summed E-state index contributed by atoms with van der Waals surface area (Å²) < 4.78 is 28.9. The highest BCUT2D eigenvalue weighted by molar-refractivity contribution is 7.08. The van der Waals surface area contributed by atoms with Crippen LogP contribution < -0.4 is 16.4 Å². The number of anilines is 3. The molecule has 20 nitrogen and oxygen atoms in total. The number of thiophene rings is 2. The third-order valence-corrected chi connectivity index (χ3v) is 12.4. The van der Waals surface area contributed by atoms with Gasteiger partial charge in [0.05, 0.1) is 40.8 Å². The SMILES string of the molecule is COC(=O)c1cscc1N.Cc1ccc2c(c1)c(N=C=O)c(C(=O)OC(C)(C)C)n2C(=O)OCc1ccccc1.Cc1ccc2c(c1)c(NC(=O)Nc1cscc1C)c(C(=O)OC(C)(C)C)n2C(=O)OCc1ccccc1.O=C=O. The number of carbonyl (C=O) groups excluding carboxylic acids is 9. The molecular formula is C58H58N6O14S2. The molecule has 416 valence electrons. The number of aromatic nitrogens is 2. The molecular weight excluding hydrogens is 1070 g/mol. The molecule has 4 N–H and O–H groups in total. The van der Waals surface area contributed by atoms with E-state index in [1.165, 1.54) is 35.9 Å². The summed E-state index contributed by atoms with van der Waals surface area (Å²) in [4.78, 5) is 108. The number of nitrogen functional groups attached to an aromatic ring is 1. The number of ether oxygens (including phenoxy) is 5. The molecule has 0 bridgehead atoms. The number of esters is 3. The molecule has 0 saturated heterocycles. The fraction of sp³-hybridized carbons (Fsp3) is 0.241. The molecule has 2 amide bonds. The van der Waals surface area contributed by atoms with Crippen molar-refractivity contribution in [3.05, 3.63) is 163 Å². The minimum atomic E-state index is -0.838. The van der Waals surface area contributed by atoms with E-state index in [9.17, 15) is 33.6 Å².